The fourth-order valence-corrected chi connectivity index (χ4v) is 5.70. The molecule has 270 valence electrons. The van der Waals surface area contributed by atoms with Crippen LogP contribution in [-0.2, 0) is 51.5 Å². The Kier molecular flexibility index (Phi) is 12.9. The second-order valence-corrected chi connectivity index (χ2v) is 12.7. The molecule has 1 aliphatic rings. The Morgan fingerprint density at radius 1 is 0.980 bits per heavy atom. The minimum atomic E-state index is -0.950. The highest BCUT2D eigenvalue weighted by atomic mass is 16.5. The van der Waals surface area contributed by atoms with Crippen molar-refractivity contribution in [3.8, 4) is 5.75 Å². The first-order valence-corrected chi connectivity index (χ1v) is 17.1. The Labute approximate surface area is 296 Å². The normalized spacial score (nSPS) is 18.4. The molecule has 2 aromatic heterocycles. The van der Waals surface area contributed by atoms with Crippen molar-refractivity contribution in [2.24, 2.45) is 5.92 Å². The van der Waals surface area contributed by atoms with E-state index in [0.29, 0.717) is 36.8 Å². The molecule has 4 bridgehead atoms. The molecule has 3 heterocycles. The van der Waals surface area contributed by atoms with E-state index in [-0.39, 0.29) is 62.6 Å². The van der Waals surface area contributed by atoms with Crippen molar-refractivity contribution in [3.63, 3.8) is 0 Å². The fourth-order valence-electron chi connectivity index (χ4n) is 5.70. The minimum absolute atomic E-state index is 0.0367. The lowest BCUT2D eigenvalue weighted by Crippen LogP contribution is -2.56. The van der Waals surface area contributed by atoms with E-state index in [4.69, 9.17) is 13.9 Å². The van der Waals surface area contributed by atoms with Gasteiger partial charge in [-0.25, -0.2) is 4.68 Å². The average Bonchev–Trinajstić information content (AvgIpc) is 3.78. The molecule has 2 atom stereocenters. The van der Waals surface area contributed by atoms with E-state index in [9.17, 15) is 19.2 Å². The zero-order valence-electron chi connectivity index (χ0n) is 29.2. The molecule has 5 rings (SSSR count). The van der Waals surface area contributed by atoms with Crippen LogP contribution < -0.4 is 20.7 Å². The van der Waals surface area contributed by atoms with E-state index < -0.39 is 23.9 Å². The highest BCUT2D eigenvalue weighted by Gasteiger charge is 2.29. The van der Waals surface area contributed by atoms with Crippen molar-refractivity contribution in [1.82, 2.24) is 35.8 Å². The van der Waals surface area contributed by atoms with E-state index in [1.165, 1.54) is 0 Å². The Balaban J connectivity index is 1.39. The Bertz CT molecular complexity index is 1770. The van der Waals surface area contributed by atoms with Gasteiger partial charge in [0.05, 0.1) is 18.7 Å². The number of furan rings is 1. The molecular formula is C37H45N7O7. The number of aromatic nitrogens is 3. The molecule has 14 heteroatoms. The van der Waals surface area contributed by atoms with Gasteiger partial charge in [-0.1, -0.05) is 61.5 Å². The summed E-state index contributed by atoms with van der Waals surface area (Å²) in [5, 5.41) is 17.1. The number of hydrogen-bond acceptors (Lipinski definition) is 9. The topological polar surface area (TPSA) is 170 Å². The number of benzene rings is 2. The van der Waals surface area contributed by atoms with Crippen molar-refractivity contribution in [2.75, 3.05) is 33.4 Å². The Morgan fingerprint density at radius 3 is 2.59 bits per heavy atom. The molecule has 0 aliphatic carbocycles. The maximum Gasteiger partial charge on any atom is 0.289 e. The van der Waals surface area contributed by atoms with Gasteiger partial charge in [-0.3, -0.25) is 19.2 Å². The minimum Gasteiger partial charge on any atom is -0.492 e. The molecule has 51 heavy (non-hydrogen) atoms. The number of nitrogens with zero attached hydrogens (tertiary/aromatic N) is 4. The van der Waals surface area contributed by atoms with Gasteiger partial charge in [0.2, 0.25) is 17.7 Å². The Hall–Kier alpha value is -5.50. The van der Waals surface area contributed by atoms with Crippen molar-refractivity contribution >= 4 is 23.6 Å². The summed E-state index contributed by atoms with van der Waals surface area (Å²) in [5.74, 6) is -0.609. The van der Waals surface area contributed by atoms with E-state index in [0.717, 1.165) is 11.1 Å². The molecule has 1 aliphatic heterocycles. The summed E-state index contributed by atoms with van der Waals surface area (Å²) < 4.78 is 18.5. The second-order valence-electron chi connectivity index (χ2n) is 12.7. The lowest BCUT2D eigenvalue weighted by atomic mass is 10.0. The van der Waals surface area contributed by atoms with Gasteiger partial charge in [0.25, 0.3) is 5.91 Å². The summed E-state index contributed by atoms with van der Waals surface area (Å²) in [5.41, 5.74) is 2.24. The highest BCUT2D eigenvalue weighted by molar-refractivity contribution is 5.93. The number of ether oxygens (including phenoxy) is 2. The third kappa shape index (κ3) is 10.7. The zero-order valence-corrected chi connectivity index (χ0v) is 29.2. The SMILES string of the molecule is COCc1ccc(C(=O)N2CCNC(=O)[C@H](Cc3ccccc3)NC(=O)[C@@H](C(C)C)NC(=O)Cc3cccc(c3)OCCn3cc(nn3)CC2)o1. The van der Waals surface area contributed by atoms with Crippen LogP contribution in [0.4, 0.5) is 0 Å². The summed E-state index contributed by atoms with van der Waals surface area (Å²) >= 11 is 0. The zero-order chi connectivity index (χ0) is 36.2. The first kappa shape index (κ1) is 36.8. The molecule has 14 nitrogen and oxygen atoms in total. The predicted octanol–water partition coefficient (Wildman–Crippen LogP) is 2.32. The number of rotatable bonds is 6. The van der Waals surface area contributed by atoms with E-state index in [1.807, 2.05) is 50.2 Å². The summed E-state index contributed by atoms with van der Waals surface area (Å²) in [6.07, 6.45) is 2.46. The molecule has 4 aromatic rings. The average molecular weight is 700 g/mol. The Morgan fingerprint density at radius 2 is 1.80 bits per heavy atom. The van der Waals surface area contributed by atoms with Gasteiger partial charge in [0, 0.05) is 45.8 Å². The second kappa shape index (κ2) is 17.9. The highest BCUT2D eigenvalue weighted by Crippen LogP contribution is 2.16. The smallest absolute Gasteiger partial charge is 0.289 e. The van der Waals surface area contributed by atoms with Crippen LogP contribution in [0.15, 0.2) is 77.3 Å². The summed E-state index contributed by atoms with van der Waals surface area (Å²) in [6.45, 7) is 5.15. The first-order chi connectivity index (χ1) is 24.7. The number of amides is 4. The maximum atomic E-state index is 13.7. The third-order valence-electron chi connectivity index (χ3n) is 8.38. The number of carbonyl (C=O) groups is 4. The molecule has 0 radical (unpaired) electrons. The number of hydrogen-bond donors (Lipinski definition) is 3. The van der Waals surface area contributed by atoms with Crippen LogP contribution in [0.1, 0.15) is 47.0 Å². The summed E-state index contributed by atoms with van der Waals surface area (Å²) in [6, 6.07) is 18.0. The van der Waals surface area contributed by atoms with Gasteiger partial charge in [-0.2, -0.15) is 0 Å². The standard InChI is InChI=1S/C37H45N7O7/c1-25(2)34-36(47)39-31(21-26-8-5-4-6-9-26)35(46)38-15-17-43(37(48)32-13-12-30(51-32)24-49-3)16-14-28-23-44(42-41-28)18-19-50-29-11-7-10-27(20-29)22-33(45)40-34/h4-13,20,23,25,31,34H,14-19,21-22,24H2,1-3H3,(H,38,46)(H,39,47)(H,40,45)/t31-,34+/m0/s1. The summed E-state index contributed by atoms with van der Waals surface area (Å²) in [4.78, 5) is 55.8. The maximum absolute atomic E-state index is 13.7. The van der Waals surface area contributed by atoms with Crippen LogP contribution in [0.25, 0.3) is 0 Å². The van der Waals surface area contributed by atoms with Gasteiger partial charge in [0.1, 0.15) is 36.8 Å². The molecule has 0 fully saturated rings. The van der Waals surface area contributed by atoms with Crippen LogP contribution in [-0.4, -0.2) is 89.0 Å². The van der Waals surface area contributed by atoms with Gasteiger partial charge in [-0.15, -0.1) is 5.10 Å². The van der Waals surface area contributed by atoms with Gasteiger partial charge >= 0.3 is 0 Å². The first-order valence-electron chi connectivity index (χ1n) is 17.1. The molecule has 0 unspecified atom stereocenters. The van der Waals surface area contributed by atoms with Crippen LogP contribution in [0.3, 0.4) is 0 Å². The predicted molar refractivity (Wildman–Crippen MR) is 187 cm³/mol. The molecule has 4 amide bonds. The number of nitrogens with one attached hydrogen (secondary N) is 3. The number of carbonyl (C=O) groups excluding carboxylic acids is 4. The third-order valence-corrected chi connectivity index (χ3v) is 8.38. The molecule has 0 saturated heterocycles. The lowest BCUT2D eigenvalue weighted by Gasteiger charge is -2.26. The van der Waals surface area contributed by atoms with Crippen LogP contribution >= 0.6 is 0 Å². The molecule has 3 N–H and O–H groups in total. The number of fused-ring (bicyclic) bond motifs is 4. The largest absolute Gasteiger partial charge is 0.492 e. The van der Waals surface area contributed by atoms with Gasteiger partial charge in [-0.05, 0) is 41.3 Å². The van der Waals surface area contributed by atoms with Gasteiger partial charge < -0.3 is 34.7 Å². The van der Waals surface area contributed by atoms with Crippen LogP contribution in [0, 0.1) is 5.92 Å². The van der Waals surface area contributed by atoms with E-state index in [1.54, 1.807) is 53.2 Å². The molecule has 0 spiro atoms. The van der Waals surface area contributed by atoms with Crippen LogP contribution in [0.2, 0.25) is 0 Å². The monoisotopic (exact) mass is 699 g/mol. The summed E-state index contributed by atoms with van der Waals surface area (Å²) in [7, 11) is 1.54. The van der Waals surface area contributed by atoms with Crippen LogP contribution in [0.5, 0.6) is 5.75 Å². The van der Waals surface area contributed by atoms with Crippen molar-refractivity contribution in [3.05, 3.63) is 101 Å². The van der Waals surface area contributed by atoms with Gasteiger partial charge in [0.15, 0.2) is 5.76 Å². The van der Waals surface area contributed by atoms with Crippen molar-refractivity contribution in [1.29, 1.82) is 0 Å². The van der Waals surface area contributed by atoms with E-state index >= 15 is 0 Å². The van der Waals surface area contributed by atoms with E-state index in [2.05, 4.69) is 26.3 Å². The quantitative estimate of drug-likeness (QED) is 0.274. The molecule has 2 aromatic carbocycles. The lowest BCUT2D eigenvalue weighted by molar-refractivity contribution is -0.132. The fraction of sp³-hybridized carbons (Fsp3) is 0.405. The van der Waals surface area contributed by atoms with Crippen molar-refractivity contribution in [2.45, 2.75) is 58.3 Å². The molecule has 0 saturated carbocycles. The number of methoxy groups -OCH3 is 1. The van der Waals surface area contributed by atoms with Crippen molar-refractivity contribution < 1.29 is 33.1 Å². The molecular weight excluding hydrogens is 654 g/mol.